The Morgan fingerprint density at radius 1 is 1.47 bits per heavy atom. The lowest BCUT2D eigenvalue weighted by atomic mass is 10.00. The van der Waals surface area contributed by atoms with Crippen molar-refractivity contribution in [2.45, 2.75) is 31.5 Å². The van der Waals surface area contributed by atoms with Crippen LogP contribution in [0.15, 0.2) is 18.3 Å². The number of halogens is 1. The topological polar surface area (TPSA) is 45.9 Å². The Kier molecular flexibility index (Phi) is 2.93. The Morgan fingerprint density at radius 2 is 2.33 bits per heavy atom. The van der Waals surface area contributed by atoms with Crippen LogP contribution in [0.1, 0.15) is 30.9 Å². The summed E-state index contributed by atoms with van der Waals surface area (Å²) in [4.78, 5) is 3.58. The quantitative estimate of drug-likeness (QED) is 0.662. The van der Waals surface area contributed by atoms with Gasteiger partial charge in [0.1, 0.15) is 6.10 Å². The number of nitrogens with zero attached hydrogens (tertiary/aromatic N) is 2. The van der Waals surface area contributed by atoms with E-state index < -0.39 is 5.95 Å². The molecule has 1 aromatic heterocycles. The molecule has 0 amide bonds. The molecule has 0 aromatic carbocycles. The average Bonchev–Trinajstić information content (AvgIpc) is 2.30. The minimum atomic E-state index is -0.494. The number of hydrogen-bond acceptors (Lipinski definition) is 3. The number of ether oxygens (including phenoxy) is 1. The second kappa shape index (κ2) is 4.37. The molecule has 78 valence electrons. The highest BCUT2D eigenvalue weighted by molar-refractivity contribution is 5.13. The summed E-state index contributed by atoms with van der Waals surface area (Å²) in [6.45, 7) is 0. The van der Waals surface area contributed by atoms with Crippen molar-refractivity contribution in [3.8, 4) is 6.07 Å². The van der Waals surface area contributed by atoms with Crippen LogP contribution in [-0.2, 0) is 4.74 Å². The maximum Gasteiger partial charge on any atom is 0.212 e. The Morgan fingerprint density at radius 3 is 3.00 bits per heavy atom. The first-order valence-electron chi connectivity index (χ1n) is 4.96. The van der Waals surface area contributed by atoms with Crippen LogP contribution in [0, 0.1) is 17.3 Å². The van der Waals surface area contributed by atoms with Gasteiger partial charge in [0, 0.05) is 6.20 Å². The molecule has 2 rings (SSSR count). The molecule has 2 atom stereocenters. The average molecular weight is 206 g/mol. The molecule has 2 heterocycles. The summed E-state index contributed by atoms with van der Waals surface area (Å²) >= 11 is 0. The first kappa shape index (κ1) is 10.1. The highest BCUT2D eigenvalue weighted by Crippen LogP contribution is 2.30. The summed E-state index contributed by atoms with van der Waals surface area (Å²) in [6, 6.07) is 5.07. The zero-order valence-corrected chi connectivity index (χ0v) is 8.19. The molecule has 1 aliphatic heterocycles. The molecule has 15 heavy (non-hydrogen) atoms. The highest BCUT2D eigenvalue weighted by Gasteiger charge is 2.23. The van der Waals surface area contributed by atoms with E-state index in [2.05, 4.69) is 11.1 Å². The van der Waals surface area contributed by atoms with E-state index in [1.807, 2.05) is 0 Å². The smallest absolute Gasteiger partial charge is 0.212 e. The molecule has 0 radical (unpaired) electrons. The molecule has 1 saturated heterocycles. The van der Waals surface area contributed by atoms with E-state index in [1.165, 1.54) is 12.3 Å². The Balaban J connectivity index is 2.10. The van der Waals surface area contributed by atoms with Crippen molar-refractivity contribution < 1.29 is 9.13 Å². The van der Waals surface area contributed by atoms with Gasteiger partial charge in [-0.15, -0.1) is 0 Å². The van der Waals surface area contributed by atoms with Crippen molar-refractivity contribution in [2.75, 3.05) is 0 Å². The number of nitriles is 1. The molecule has 3 nitrogen and oxygen atoms in total. The third-order valence-corrected chi connectivity index (χ3v) is 2.53. The second-order valence-electron chi connectivity index (χ2n) is 3.59. The third kappa shape index (κ3) is 2.31. The van der Waals surface area contributed by atoms with E-state index in [4.69, 9.17) is 10.00 Å². The fraction of sp³-hybridized carbons (Fsp3) is 0.455. The molecule has 0 spiro atoms. The minimum absolute atomic E-state index is 0.114. The predicted octanol–water partition coefficient (Wildman–Crippen LogP) is 2.35. The van der Waals surface area contributed by atoms with Gasteiger partial charge in [0.05, 0.1) is 12.2 Å². The monoisotopic (exact) mass is 206 g/mol. The zero-order valence-electron chi connectivity index (χ0n) is 8.19. The van der Waals surface area contributed by atoms with Gasteiger partial charge in [0.25, 0.3) is 0 Å². The van der Waals surface area contributed by atoms with E-state index in [-0.39, 0.29) is 12.2 Å². The molecular formula is C11H11FN2O. The van der Waals surface area contributed by atoms with Crippen molar-refractivity contribution in [1.82, 2.24) is 4.98 Å². The maximum absolute atomic E-state index is 12.6. The largest absolute Gasteiger partial charge is 0.355 e. The van der Waals surface area contributed by atoms with E-state index in [0.717, 1.165) is 24.8 Å². The van der Waals surface area contributed by atoms with Crippen molar-refractivity contribution in [3.63, 3.8) is 0 Å². The Hall–Kier alpha value is -1.47. The summed E-state index contributed by atoms with van der Waals surface area (Å²) in [7, 11) is 0. The lowest BCUT2D eigenvalue weighted by molar-refractivity contribution is -0.0230. The van der Waals surface area contributed by atoms with Gasteiger partial charge in [-0.2, -0.15) is 9.65 Å². The molecule has 0 saturated carbocycles. The van der Waals surface area contributed by atoms with E-state index in [9.17, 15) is 4.39 Å². The molecule has 1 aromatic rings. The number of aromatic nitrogens is 1. The van der Waals surface area contributed by atoms with E-state index in [0.29, 0.717) is 0 Å². The molecule has 4 heteroatoms. The second-order valence-corrected chi connectivity index (χ2v) is 3.59. The molecule has 0 aliphatic carbocycles. The fourth-order valence-corrected chi connectivity index (χ4v) is 1.74. The minimum Gasteiger partial charge on any atom is -0.355 e. The van der Waals surface area contributed by atoms with Crippen LogP contribution in [0.25, 0.3) is 0 Å². The van der Waals surface area contributed by atoms with E-state index >= 15 is 0 Å². The van der Waals surface area contributed by atoms with Gasteiger partial charge in [-0.25, -0.2) is 4.98 Å². The fourth-order valence-electron chi connectivity index (χ4n) is 1.74. The van der Waals surface area contributed by atoms with Gasteiger partial charge in [0.2, 0.25) is 5.95 Å². The standard InChI is InChI=1S/C11H11FN2O/c12-11-5-4-8(7-14-11)10-3-1-2-9(6-13)15-10/h4-5,7,9-10H,1-3H2/t9-,10+/m1/s1. The van der Waals surface area contributed by atoms with Crippen molar-refractivity contribution in [2.24, 2.45) is 0 Å². The van der Waals surface area contributed by atoms with Gasteiger partial charge in [-0.05, 0) is 30.9 Å². The van der Waals surface area contributed by atoms with Crippen LogP contribution in [-0.4, -0.2) is 11.1 Å². The molecule has 1 aliphatic rings. The summed E-state index contributed by atoms with van der Waals surface area (Å²) in [5, 5.41) is 8.75. The number of pyridine rings is 1. The van der Waals surface area contributed by atoms with Crippen LogP contribution >= 0.6 is 0 Å². The van der Waals surface area contributed by atoms with Crippen LogP contribution in [0.3, 0.4) is 0 Å². The van der Waals surface area contributed by atoms with Gasteiger partial charge in [0.15, 0.2) is 0 Å². The summed E-state index contributed by atoms with van der Waals surface area (Å²) < 4.78 is 18.1. The van der Waals surface area contributed by atoms with Gasteiger partial charge < -0.3 is 4.74 Å². The first-order chi connectivity index (χ1) is 7.29. The van der Waals surface area contributed by atoms with Crippen molar-refractivity contribution in [3.05, 3.63) is 29.8 Å². The van der Waals surface area contributed by atoms with Gasteiger partial charge >= 0.3 is 0 Å². The number of rotatable bonds is 1. The Bertz CT molecular complexity index is 371. The number of hydrogen-bond donors (Lipinski definition) is 0. The predicted molar refractivity (Wildman–Crippen MR) is 51.3 cm³/mol. The highest BCUT2D eigenvalue weighted by atomic mass is 19.1. The van der Waals surface area contributed by atoms with E-state index in [1.54, 1.807) is 6.07 Å². The molecule has 0 N–H and O–H groups in total. The SMILES string of the molecule is N#C[C@H]1CCC[C@@H](c2ccc(F)nc2)O1. The lowest BCUT2D eigenvalue weighted by Crippen LogP contribution is -2.20. The van der Waals surface area contributed by atoms with Crippen LogP contribution in [0.4, 0.5) is 4.39 Å². The zero-order chi connectivity index (χ0) is 10.7. The lowest BCUT2D eigenvalue weighted by Gasteiger charge is -2.26. The Labute approximate surface area is 87.5 Å². The van der Waals surface area contributed by atoms with Crippen LogP contribution < -0.4 is 0 Å². The van der Waals surface area contributed by atoms with Crippen molar-refractivity contribution in [1.29, 1.82) is 5.26 Å². The third-order valence-electron chi connectivity index (χ3n) is 2.53. The van der Waals surface area contributed by atoms with Crippen molar-refractivity contribution >= 4 is 0 Å². The molecule has 0 bridgehead atoms. The van der Waals surface area contributed by atoms with Gasteiger partial charge in [-0.3, -0.25) is 0 Å². The van der Waals surface area contributed by atoms with Crippen LogP contribution in [0.2, 0.25) is 0 Å². The van der Waals surface area contributed by atoms with Crippen LogP contribution in [0.5, 0.6) is 0 Å². The van der Waals surface area contributed by atoms with Gasteiger partial charge in [-0.1, -0.05) is 6.07 Å². The molecular weight excluding hydrogens is 195 g/mol. The molecule has 0 unspecified atom stereocenters. The first-order valence-corrected chi connectivity index (χ1v) is 4.96. The summed E-state index contributed by atoms with van der Waals surface area (Å²) in [5.41, 5.74) is 0.844. The maximum atomic E-state index is 12.6. The summed E-state index contributed by atoms with van der Waals surface area (Å²) in [5.74, 6) is -0.494. The summed E-state index contributed by atoms with van der Waals surface area (Å²) in [6.07, 6.45) is 3.62. The normalized spacial score (nSPS) is 25.9. The molecule has 1 fully saturated rings.